The summed E-state index contributed by atoms with van der Waals surface area (Å²) in [6.07, 6.45) is -4.90. The Balaban J connectivity index is 2.42. The Morgan fingerprint density at radius 1 is 0.969 bits per heavy atom. The van der Waals surface area contributed by atoms with E-state index in [1.165, 1.54) is 19.1 Å². The summed E-state index contributed by atoms with van der Waals surface area (Å²) in [5.74, 6) is -1.14. The summed E-state index contributed by atoms with van der Waals surface area (Å²) in [6, 6.07) is 2.77. The number of ether oxygens (including phenoxy) is 4. The van der Waals surface area contributed by atoms with Crippen LogP contribution in [0.25, 0.3) is 0 Å². The molecule has 0 aliphatic heterocycles. The van der Waals surface area contributed by atoms with Gasteiger partial charge in [0.25, 0.3) is 5.91 Å². The maximum Gasteiger partial charge on any atom is 0.435 e. The summed E-state index contributed by atoms with van der Waals surface area (Å²) < 4.78 is 61.2. The van der Waals surface area contributed by atoms with Gasteiger partial charge >= 0.3 is 12.1 Å². The van der Waals surface area contributed by atoms with Crippen molar-refractivity contribution in [3.63, 3.8) is 0 Å². The Bertz CT molecular complexity index is 934. The first kappa shape index (κ1) is 25.2. The van der Waals surface area contributed by atoms with Gasteiger partial charge in [0.1, 0.15) is 4.88 Å². The summed E-state index contributed by atoms with van der Waals surface area (Å²) in [6.45, 7) is 7.49. The van der Waals surface area contributed by atoms with Gasteiger partial charge in [0.05, 0.1) is 26.4 Å². The lowest BCUT2D eigenvalue weighted by Gasteiger charge is -2.16. The fraction of sp³-hybridized carbons (Fsp3) is 0.450. The minimum atomic E-state index is -4.90. The Kier molecular flexibility index (Phi) is 8.70. The van der Waals surface area contributed by atoms with Gasteiger partial charge in [-0.1, -0.05) is 11.3 Å². The number of aromatic nitrogens is 1. The van der Waals surface area contributed by atoms with Crippen molar-refractivity contribution in [3.8, 4) is 17.2 Å². The van der Waals surface area contributed by atoms with Crippen LogP contribution in [-0.2, 0) is 10.9 Å². The van der Waals surface area contributed by atoms with E-state index in [4.69, 9.17) is 14.2 Å². The fourth-order valence-electron chi connectivity index (χ4n) is 2.59. The highest BCUT2D eigenvalue weighted by Gasteiger charge is 2.40. The molecule has 2 rings (SSSR count). The van der Waals surface area contributed by atoms with Gasteiger partial charge in [-0.2, -0.15) is 13.2 Å². The third kappa shape index (κ3) is 6.02. The fourth-order valence-corrected chi connectivity index (χ4v) is 3.46. The summed E-state index contributed by atoms with van der Waals surface area (Å²) in [4.78, 5) is 27.3. The van der Waals surface area contributed by atoms with Gasteiger partial charge < -0.3 is 18.9 Å². The van der Waals surface area contributed by atoms with Crippen LogP contribution < -0.4 is 19.5 Å². The molecule has 1 N–H and O–H groups in total. The molecule has 0 unspecified atom stereocenters. The number of thiazole rings is 1. The van der Waals surface area contributed by atoms with Crippen LogP contribution in [-0.4, -0.2) is 43.3 Å². The number of esters is 1. The minimum Gasteiger partial charge on any atom is -0.490 e. The van der Waals surface area contributed by atoms with Gasteiger partial charge in [-0.25, -0.2) is 9.78 Å². The molecular formula is C20H23F3N2O6S. The molecule has 0 fully saturated rings. The average Bonchev–Trinajstić information content (AvgIpc) is 3.15. The molecule has 1 heterocycles. The second kappa shape index (κ2) is 11.0. The van der Waals surface area contributed by atoms with Gasteiger partial charge in [-0.3, -0.25) is 10.1 Å². The number of carbonyl (C=O) groups is 2. The molecule has 0 radical (unpaired) electrons. The third-order valence-corrected chi connectivity index (χ3v) is 4.70. The molecule has 32 heavy (non-hydrogen) atoms. The first-order chi connectivity index (χ1) is 15.2. The summed E-state index contributed by atoms with van der Waals surface area (Å²) in [5, 5.41) is 1.88. The lowest BCUT2D eigenvalue weighted by Crippen LogP contribution is -2.15. The minimum absolute atomic E-state index is 0.0433. The maximum atomic E-state index is 13.3. The molecule has 2 aromatic rings. The summed E-state index contributed by atoms with van der Waals surface area (Å²) in [5.41, 5.74) is -1.38. The Morgan fingerprint density at radius 2 is 1.53 bits per heavy atom. The van der Waals surface area contributed by atoms with Crippen LogP contribution in [0, 0.1) is 0 Å². The van der Waals surface area contributed by atoms with Crippen molar-refractivity contribution >= 4 is 28.3 Å². The highest BCUT2D eigenvalue weighted by molar-refractivity contribution is 7.17. The van der Waals surface area contributed by atoms with Gasteiger partial charge in [0.15, 0.2) is 22.3 Å². The number of halogens is 3. The monoisotopic (exact) mass is 476 g/mol. The first-order valence-electron chi connectivity index (χ1n) is 9.78. The standard InChI is InChI=1S/C20H23F3N2O6S/c1-5-28-12-9-11(10-13(29-6-2)14(12)30-7-3)17(26)25-19-24-16(20(21,22)23)15(32-19)18(27)31-8-4/h9-10H,5-8H2,1-4H3,(H,24,25,26). The zero-order valence-corrected chi connectivity index (χ0v) is 18.7. The molecule has 0 spiro atoms. The molecule has 12 heteroatoms. The molecule has 0 saturated heterocycles. The summed E-state index contributed by atoms with van der Waals surface area (Å²) >= 11 is 0.373. The second-order valence-corrected chi connectivity index (χ2v) is 6.97. The van der Waals surface area contributed by atoms with E-state index in [0.717, 1.165) is 0 Å². The van der Waals surface area contributed by atoms with Crippen molar-refractivity contribution in [3.05, 3.63) is 28.3 Å². The van der Waals surface area contributed by atoms with Crippen LogP contribution >= 0.6 is 11.3 Å². The van der Waals surface area contributed by atoms with E-state index in [1.807, 2.05) is 0 Å². The molecule has 0 bridgehead atoms. The van der Waals surface area contributed by atoms with Crippen molar-refractivity contribution in [1.82, 2.24) is 4.98 Å². The predicted molar refractivity (Wildman–Crippen MR) is 111 cm³/mol. The molecule has 1 amide bonds. The number of nitrogens with zero attached hydrogens (tertiary/aromatic N) is 1. The van der Waals surface area contributed by atoms with E-state index in [0.29, 0.717) is 23.7 Å². The van der Waals surface area contributed by atoms with E-state index < -0.39 is 33.8 Å². The van der Waals surface area contributed by atoms with E-state index in [2.05, 4.69) is 15.0 Å². The molecule has 1 aromatic carbocycles. The van der Waals surface area contributed by atoms with Crippen LogP contribution in [0.5, 0.6) is 17.2 Å². The molecule has 176 valence electrons. The average molecular weight is 476 g/mol. The van der Waals surface area contributed by atoms with Crippen molar-refractivity contribution in [2.75, 3.05) is 31.7 Å². The predicted octanol–water partition coefficient (Wildman–Crippen LogP) is 4.79. The number of anilines is 1. The van der Waals surface area contributed by atoms with Gasteiger partial charge in [0.2, 0.25) is 5.75 Å². The normalized spacial score (nSPS) is 11.1. The number of benzene rings is 1. The molecule has 0 saturated carbocycles. The zero-order valence-electron chi connectivity index (χ0n) is 17.9. The highest BCUT2D eigenvalue weighted by atomic mass is 32.1. The van der Waals surface area contributed by atoms with Crippen molar-refractivity contribution in [1.29, 1.82) is 0 Å². The van der Waals surface area contributed by atoms with Crippen LogP contribution in [0.1, 0.15) is 53.4 Å². The topological polar surface area (TPSA) is 96.0 Å². The van der Waals surface area contributed by atoms with Crippen molar-refractivity contribution in [2.24, 2.45) is 0 Å². The largest absolute Gasteiger partial charge is 0.490 e. The molecule has 8 nitrogen and oxygen atoms in total. The van der Waals surface area contributed by atoms with E-state index >= 15 is 0 Å². The maximum absolute atomic E-state index is 13.3. The van der Waals surface area contributed by atoms with Crippen molar-refractivity contribution < 1.29 is 41.7 Å². The number of rotatable bonds is 10. The van der Waals surface area contributed by atoms with Gasteiger partial charge in [-0.05, 0) is 39.8 Å². The number of alkyl halides is 3. The third-order valence-electron chi connectivity index (χ3n) is 3.75. The van der Waals surface area contributed by atoms with E-state index in [9.17, 15) is 22.8 Å². The van der Waals surface area contributed by atoms with Crippen LogP contribution in [0.4, 0.5) is 18.3 Å². The van der Waals surface area contributed by atoms with Crippen LogP contribution in [0.15, 0.2) is 12.1 Å². The van der Waals surface area contributed by atoms with Gasteiger partial charge in [0, 0.05) is 5.56 Å². The Labute approximate surface area is 186 Å². The van der Waals surface area contributed by atoms with Crippen LogP contribution in [0.2, 0.25) is 0 Å². The molecular weight excluding hydrogens is 453 g/mol. The molecule has 1 aromatic heterocycles. The number of carbonyl (C=O) groups excluding carboxylic acids is 2. The first-order valence-corrected chi connectivity index (χ1v) is 10.6. The number of nitrogens with one attached hydrogen (secondary N) is 1. The molecule has 0 atom stereocenters. The quantitative estimate of drug-likeness (QED) is 0.493. The zero-order chi connectivity index (χ0) is 23.9. The number of hydrogen-bond acceptors (Lipinski definition) is 8. The smallest absolute Gasteiger partial charge is 0.435 e. The van der Waals surface area contributed by atoms with E-state index in [-0.39, 0.29) is 36.9 Å². The molecule has 0 aliphatic rings. The number of amides is 1. The lowest BCUT2D eigenvalue weighted by atomic mass is 10.1. The van der Waals surface area contributed by atoms with E-state index in [1.54, 1.807) is 20.8 Å². The highest BCUT2D eigenvalue weighted by Crippen LogP contribution is 2.40. The van der Waals surface area contributed by atoms with Crippen molar-refractivity contribution in [2.45, 2.75) is 33.9 Å². The summed E-state index contributed by atoms with van der Waals surface area (Å²) in [7, 11) is 0. The lowest BCUT2D eigenvalue weighted by molar-refractivity contribution is -0.141. The Morgan fingerprint density at radius 3 is 2.00 bits per heavy atom. The number of hydrogen-bond donors (Lipinski definition) is 1. The molecule has 0 aliphatic carbocycles. The van der Waals surface area contributed by atoms with Gasteiger partial charge in [-0.15, -0.1) is 0 Å². The Hall–Kier alpha value is -3.02. The van der Waals surface area contributed by atoms with Crippen LogP contribution in [0.3, 0.4) is 0 Å². The SMILES string of the molecule is CCOC(=O)c1sc(NC(=O)c2cc(OCC)c(OCC)c(OCC)c2)nc1C(F)(F)F. The second-order valence-electron chi connectivity index (χ2n) is 5.97.